The number of fused-ring (bicyclic) bond motifs is 1. The highest BCUT2D eigenvalue weighted by atomic mass is 32.1. The molecule has 0 bridgehead atoms. The van der Waals surface area contributed by atoms with E-state index in [-0.39, 0.29) is 5.91 Å². The van der Waals surface area contributed by atoms with E-state index in [1.807, 2.05) is 52.1 Å². The van der Waals surface area contributed by atoms with Gasteiger partial charge in [0.2, 0.25) is 0 Å². The number of carbonyl (C=O) groups excluding carboxylic acids is 1. The number of hydrogen-bond acceptors (Lipinski definition) is 5. The molecule has 156 valence electrons. The molecule has 0 radical (unpaired) electrons. The SMILES string of the molecule is CCCN(CCN1CCN(C(=O)c2ccccc2)CC1)C1CCc2ncsc2C1. The number of amides is 1. The highest BCUT2D eigenvalue weighted by Gasteiger charge is 2.27. The number of aromatic nitrogens is 1. The van der Waals surface area contributed by atoms with Crippen molar-refractivity contribution in [3.63, 3.8) is 0 Å². The van der Waals surface area contributed by atoms with Gasteiger partial charge in [0.25, 0.3) is 5.91 Å². The Morgan fingerprint density at radius 3 is 2.72 bits per heavy atom. The van der Waals surface area contributed by atoms with E-state index >= 15 is 0 Å². The summed E-state index contributed by atoms with van der Waals surface area (Å²) in [6.45, 7) is 9.28. The first kappa shape index (κ1) is 20.5. The number of rotatable bonds is 7. The third kappa shape index (κ3) is 5.05. The maximum absolute atomic E-state index is 12.6. The van der Waals surface area contributed by atoms with Gasteiger partial charge in [0.15, 0.2) is 0 Å². The van der Waals surface area contributed by atoms with Crippen molar-refractivity contribution in [2.75, 3.05) is 45.8 Å². The molecule has 1 aromatic heterocycles. The quantitative estimate of drug-likeness (QED) is 0.700. The first-order valence-electron chi connectivity index (χ1n) is 11.0. The Kier molecular flexibility index (Phi) is 6.95. The van der Waals surface area contributed by atoms with Crippen molar-refractivity contribution in [3.8, 4) is 0 Å². The summed E-state index contributed by atoms with van der Waals surface area (Å²) in [4.78, 5) is 25.9. The van der Waals surface area contributed by atoms with Crippen LogP contribution >= 0.6 is 11.3 Å². The van der Waals surface area contributed by atoms with Crippen molar-refractivity contribution in [2.24, 2.45) is 0 Å². The van der Waals surface area contributed by atoms with Crippen LogP contribution in [0.3, 0.4) is 0 Å². The van der Waals surface area contributed by atoms with Crippen molar-refractivity contribution in [1.29, 1.82) is 0 Å². The largest absolute Gasteiger partial charge is 0.336 e. The summed E-state index contributed by atoms with van der Waals surface area (Å²) >= 11 is 1.83. The van der Waals surface area contributed by atoms with E-state index in [1.165, 1.54) is 36.4 Å². The summed E-state index contributed by atoms with van der Waals surface area (Å²) in [5.74, 6) is 0.167. The number of carbonyl (C=O) groups is 1. The Balaban J connectivity index is 1.26. The number of benzene rings is 1. The molecule has 0 saturated carbocycles. The minimum Gasteiger partial charge on any atom is -0.336 e. The predicted octanol–water partition coefficient (Wildman–Crippen LogP) is 3.17. The minimum absolute atomic E-state index is 0.167. The van der Waals surface area contributed by atoms with Gasteiger partial charge < -0.3 is 4.90 Å². The van der Waals surface area contributed by atoms with Crippen LogP contribution in [0.15, 0.2) is 35.8 Å². The van der Waals surface area contributed by atoms with Gasteiger partial charge in [0.05, 0.1) is 11.2 Å². The molecule has 1 fully saturated rings. The lowest BCUT2D eigenvalue weighted by molar-refractivity contribution is 0.0609. The van der Waals surface area contributed by atoms with Crippen LogP contribution in [0.1, 0.15) is 40.7 Å². The molecule has 1 unspecified atom stereocenters. The standard InChI is InChI=1S/C23H32N4OS/c1-2-10-26(20-8-9-21-22(17-20)29-18-24-21)14-11-25-12-15-27(16-13-25)23(28)19-6-4-3-5-7-19/h3-7,18,20H,2,8-17H2,1H3. The third-order valence-electron chi connectivity index (χ3n) is 6.27. The van der Waals surface area contributed by atoms with Crippen LogP contribution in [0.4, 0.5) is 0 Å². The molecule has 2 aliphatic rings. The van der Waals surface area contributed by atoms with Crippen LogP contribution in [0, 0.1) is 0 Å². The molecule has 1 amide bonds. The first-order chi connectivity index (χ1) is 14.2. The van der Waals surface area contributed by atoms with Crippen molar-refractivity contribution >= 4 is 17.2 Å². The lowest BCUT2D eigenvalue weighted by atomic mass is 9.96. The van der Waals surface area contributed by atoms with Crippen molar-refractivity contribution in [3.05, 3.63) is 52.0 Å². The van der Waals surface area contributed by atoms with Crippen LogP contribution in [-0.2, 0) is 12.8 Å². The van der Waals surface area contributed by atoms with Crippen LogP contribution in [0.25, 0.3) is 0 Å². The van der Waals surface area contributed by atoms with Gasteiger partial charge >= 0.3 is 0 Å². The van der Waals surface area contributed by atoms with Crippen LogP contribution < -0.4 is 0 Å². The molecule has 4 rings (SSSR count). The lowest BCUT2D eigenvalue weighted by Gasteiger charge is -2.38. The molecule has 1 atom stereocenters. The zero-order valence-electron chi connectivity index (χ0n) is 17.4. The second-order valence-electron chi connectivity index (χ2n) is 8.15. The van der Waals surface area contributed by atoms with Gasteiger partial charge in [-0.3, -0.25) is 14.6 Å². The maximum atomic E-state index is 12.6. The first-order valence-corrected chi connectivity index (χ1v) is 11.8. The van der Waals surface area contributed by atoms with Gasteiger partial charge in [0.1, 0.15) is 0 Å². The average molecular weight is 413 g/mol. The van der Waals surface area contributed by atoms with E-state index in [1.54, 1.807) is 0 Å². The van der Waals surface area contributed by atoms with Crippen LogP contribution in [0.2, 0.25) is 0 Å². The van der Waals surface area contributed by atoms with Crippen LogP contribution in [-0.4, -0.2) is 77.4 Å². The van der Waals surface area contributed by atoms with E-state index in [9.17, 15) is 4.79 Å². The number of aryl methyl sites for hydroxylation is 1. The number of thiazole rings is 1. The Morgan fingerprint density at radius 2 is 1.97 bits per heavy atom. The monoisotopic (exact) mass is 412 g/mol. The summed E-state index contributed by atoms with van der Waals surface area (Å²) in [6.07, 6.45) is 4.73. The molecule has 0 N–H and O–H groups in total. The molecular formula is C23H32N4OS. The average Bonchev–Trinajstić information content (AvgIpc) is 3.25. The van der Waals surface area contributed by atoms with Gasteiger partial charge in [-0.2, -0.15) is 0 Å². The molecule has 1 aromatic carbocycles. The number of hydrogen-bond donors (Lipinski definition) is 0. The zero-order valence-corrected chi connectivity index (χ0v) is 18.2. The summed E-state index contributed by atoms with van der Waals surface area (Å²) < 4.78 is 0. The molecule has 6 heteroatoms. The third-order valence-corrected chi connectivity index (χ3v) is 7.17. The fraction of sp³-hybridized carbons (Fsp3) is 0.565. The van der Waals surface area contributed by atoms with E-state index in [4.69, 9.17) is 0 Å². The Labute approximate surface area is 178 Å². The zero-order chi connectivity index (χ0) is 20.1. The Morgan fingerprint density at radius 1 is 1.17 bits per heavy atom. The normalized spacial score (nSPS) is 20.1. The summed E-state index contributed by atoms with van der Waals surface area (Å²) in [6, 6.07) is 10.3. The summed E-state index contributed by atoms with van der Waals surface area (Å²) in [5.41, 5.74) is 4.14. The van der Waals surface area contributed by atoms with Gasteiger partial charge in [-0.15, -0.1) is 11.3 Å². The van der Waals surface area contributed by atoms with Gasteiger partial charge in [-0.05, 0) is 44.4 Å². The van der Waals surface area contributed by atoms with Crippen molar-refractivity contribution in [1.82, 2.24) is 19.7 Å². The second-order valence-corrected chi connectivity index (χ2v) is 9.09. The molecular weight excluding hydrogens is 380 g/mol. The smallest absolute Gasteiger partial charge is 0.253 e. The topological polar surface area (TPSA) is 39.7 Å². The molecule has 1 aliphatic carbocycles. The van der Waals surface area contributed by atoms with Gasteiger partial charge in [-0.1, -0.05) is 25.1 Å². The Hall–Kier alpha value is -1.76. The molecule has 0 spiro atoms. The highest BCUT2D eigenvalue weighted by Crippen LogP contribution is 2.27. The fourth-order valence-electron chi connectivity index (χ4n) is 4.57. The van der Waals surface area contributed by atoms with E-state index in [0.717, 1.165) is 51.3 Å². The molecule has 2 heterocycles. The van der Waals surface area contributed by atoms with Gasteiger partial charge in [0, 0.05) is 55.8 Å². The van der Waals surface area contributed by atoms with E-state index in [0.29, 0.717) is 6.04 Å². The molecule has 5 nitrogen and oxygen atoms in total. The minimum atomic E-state index is 0.167. The van der Waals surface area contributed by atoms with Gasteiger partial charge in [-0.25, -0.2) is 4.98 Å². The van der Waals surface area contributed by atoms with Crippen molar-refractivity contribution in [2.45, 2.75) is 38.6 Å². The highest BCUT2D eigenvalue weighted by molar-refractivity contribution is 7.09. The van der Waals surface area contributed by atoms with Crippen LogP contribution in [0.5, 0.6) is 0 Å². The Bertz CT molecular complexity index is 785. The van der Waals surface area contributed by atoms with E-state index in [2.05, 4.69) is 21.7 Å². The lowest BCUT2D eigenvalue weighted by Crippen LogP contribution is -2.51. The summed E-state index contributed by atoms with van der Waals surface area (Å²) in [5, 5.41) is 0. The molecule has 2 aromatic rings. The fourth-order valence-corrected chi connectivity index (χ4v) is 5.45. The predicted molar refractivity (Wildman–Crippen MR) is 119 cm³/mol. The number of piperazine rings is 1. The second kappa shape index (κ2) is 9.83. The summed E-state index contributed by atoms with van der Waals surface area (Å²) in [7, 11) is 0. The molecule has 1 aliphatic heterocycles. The van der Waals surface area contributed by atoms with E-state index < -0.39 is 0 Å². The van der Waals surface area contributed by atoms with Crippen molar-refractivity contribution < 1.29 is 4.79 Å². The number of nitrogens with zero attached hydrogens (tertiary/aromatic N) is 4. The molecule has 1 saturated heterocycles. The maximum Gasteiger partial charge on any atom is 0.253 e. The molecule has 29 heavy (non-hydrogen) atoms.